The molecule has 1 saturated heterocycles. The van der Waals surface area contributed by atoms with Crippen LogP contribution in [0.1, 0.15) is 6.42 Å². The van der Waals surface area contributed by atoms with E-state index in [9.17, 15) is 4.79 Å². The second kappa shape index (κ2) is 6.20. The van der Waals surface area contributed by atoms with Crippen molar-refractivity contribution >= 4 is 21.9 Å². The highest BCUT2D eigenvalue weighted by molar-refractivity contribution is 9.10. The number of nitrogens with zero attached hydrogens (tertiary/aromatic N) is 1. The predicted molar refractivity (Wildman–Crippen MR) is 71.8 cm³/mol. The third kappa shape index (κ3) is 3.99. The molecule has 1 aromatic rings. The molecule has 2 rings (SSSR count). The minimum absolute atomic E-state index is 0.282. The van der Waals surface area contributed by atoms with E-state index in [1.54, 1.807) is 0 Å². The number of likely N-dealkylation sites (tertiary alicyclic amines) is 1. The molecule has 1 heterocycles. The van der Waals surface area contributed by atoms with E-state index in [2.05, 4.69) is 20.8 Å². The fraction of sp³-hybridized carbons (Fsp3) is 0.462. The van der Waals surface area contributed by atoms with E-state index in [4.69, 9.17) is 9.84 Å². The van der Waals surface area contributed by atoms with E-state index in [-0.39, 0.29) is 6.42 Å². The monoisotopic (exact) mass is 313 g/mol. The molecule has 0 aliphatic carbocycles. The SMILES string of the molecule is O=C(O)CC1CN(CCOc2ccc(Br)cc2)C1. The molecular weight excluding hydrogens is 298 g/mol. The molecule has 0 spiro atoms. The Balaban J connectivity index is 1.60. The van der Waals surface area contributed by atoms with E-state index in [0.717, 1.165) is 29.9 Å². The first-order chi connectivity index (χ1) is 8.63. The molecule has 1 fully saturated rings. The van der Waals surface area contributed by atoms with Gasteiger partial charge >= 0.3 is 5.97 Å². The maximum absolute atomic E-state index is 10.5. The Morgan fingerprint density at radius 1 is 1.39 bits per heavy atom. The van der Waals surface area contributed by atoms with Gasteiger partial charge in [-0.15, -0.1) is 0 Å². The van der Waals surface area contributed by atoms with Crippen molar-refractivity contribution in [1.82, 2.24) is 4.90 Å². The van der Waals surface area contributed by atoms with Gasteiger partial charge in [-0.25, -0.2) is 0 Å². The lowest BCUT2D eigenvalue weighted by Crippen LogP contribution is -2.48. The average Bonchev–Trinajstić information content (AvgIpc) is 2.27. The van der Waals surface area contributed by atoms with Crippen LogP contribution in [0.2, 0.25) is 0 Å². The maximum atomic E-state index is 10.5. The summed E-state index contributed by atoms with van der Waals surface area (Å²) >= 11 is 3.37. The number of carboxylic acid groups (broad SMARTS) is 1. The Morgan fingerprint density at radius 3 is 2.67 bits per heavy atom. The zero-order chi connectivity index (χ0) is 13.0. The molecule has 0 amide bonds. The zero-order valence-electron chi connectivity index (χ0n) is 10.0. The second-order valence-corrected chi connectivity index (χ2v) is 5.44. The van der Waals surface area contributed by atoms with Crippen LogP contribution < -0.4 is 4.74 Å². The van der Waals surface area contributed by atoms with Crippen molar-refractivity contribution < 1.29 is 14.6 Å². The van der Waals surface area contributed by atoms with Gasteiger partial charge in [-0.1, -0.05) is 15.9 Å². The smallest absolute Gasteiger partial charge is 0.303 e. The molecule has 0 unspecified atom stereocenters. The summed E-state index contributed by atoms with van der Waals surface area (Å²) in [4.78, 5) is 12.7. The van der Waals surface area contributed by atoms with Crippen molar-refractivity contribution in [2.45, 2.75) is 6.42 Å². The highest BCUT2D eigenvalue weighted by Gasteiger charge is 2.27. The van der Waals surface area contributed by atoms with Crippen LogP contribution in [0, 0.1) is 5.92 Å². The predicted octanol–water partition coefficient (Wildman–Crippen LogP) is 2.23. The van der Waals surface area contributed by atoms with Crippen molar-refractivity contribution in [2.24, 2.45) is 5.92 Å². The summed E-state index contributed by atoms with van der Waals surface area (Å²) in [6.07, 6.45) is 0.282. The van der Waals surface area contributed by atoms with E-state index in [1.807, 2.05) is 24.3 Å². The fourth-order valence-electron chi connectivity index (χ4n) is 2.06. The zero-order valence-corrected chi connectivity index (χ0v) is 11.6. The van der Waals surface area contributed by atoms with Gasteiger partial charge in [0.25, 0.3) is 0 Å². The van der Waals surface area contributed by atoms with Crippen LogP contribution in [-0.2, 0) is 4.79 Å². The molecule has 5 heteroatoms. The van der Waals surface area contributed by atoms with Crippen molar-refractivity contribution in [3.8, 4) is 5.75 Å². The molecule has 4 nitrogen and oxygen atoms in total. The number of benzene rings is 1. The molecule has 98 valence electrons. The fourth-order valence-corrected chi connectivity index (χ4v) is 2.32. The van der Waals surface area contributed by atoms with Crippen molar-refractivity contribution in [1.29, 1.82) is 0 Å². The number of ether oxygens (including phenoxy) is 1. The molecule has 0 aromatic heterocycles. The van der Waals surface area contributed by atoms with E-state index in [1.165, 1.54) is 0 Å². The highest BCUT2D eigenvalue weighted by Crippen LogP contribution is 2.19. The maximum Gasteiger partial charge on any atom is 0.303 e. The minimum Gasteiger partial charge on any atom is -0.492 e. The number of halogens is 1. The first kappa shape index (κ1) is 13.4. The summed E-state index contributed by atoms with van der Waals surface area (Å²) in [6.45, 7) is 3.24. The summed E-state index contributed by atoms with van der Waals surface area (Å²) in [6, 6.07) is 7.74. The van der Waals surface area contributed by atoms with Crippen LogP contribution in [0.5, 0.6) is 5.75 Å². The number of hydrogen-bond acceptors (Lipinski definition) is 3. The van der Waals surface area contributed by atoms with Gasteiger partial charge in [-0.3, -0.25) is 9.69 Å². The van der Waals surface area contributed by atoms with Crippen LogP contribution in [-0.4, -0.2) is 42.2 Å². The first-order valence-corrected chi connectivity index (χ1v) is 6.75. The quantitative estimate of drug-likeness (QED) is 0.875. The molecule has 1 aliphatic heterocycles. The van der Waals surface area contributed by atoms with E-state index >= 15 is 0 Å². The summed E-state index contributed by atoms with van der Waals surface area (Å²) in [5, 5.41) is 8.64. The van der Waals surface area contributed by atoms with Gasteiger partial charge in [0.15, 0.2) is 0 Å². The molecule has 0 atom stereocenters. The Kier molecular flexibility index (Phi) is 4.60. The minimum atomic E-state index is -0.703. The van der Waals surface area contributed by atoms with Crippen LogP contribution in [0.4, 0.5) is 0 Å². The van der Waals surface area contributed by atoms with Crippen LogP contribution in [0.25, 0.3) is 0 Å². The average molecular weight is 314 g/mol. The van der Waals surface area contributed by atoms with Crippen molar-refractivity contribution in [3.05, 3.63) is 28.7 Å². The third-order valence-corrected chi connectivity index (χ3v) is 3.51. The van der Waals surface area contributed by atoms with Gasteiger partial charge in [0.05, 0.1) is 6.42 Å². The first-order valence-electron chi connectivity index (χ1n) is 5.96. The molecule has 1 aromatic carbocycles. The third-order valence-electron chi connectivity index (χ3n) is 2.99. The number of hydrogen-bond donors (Lipinski definition) is 1. The Hall–Kier alpha value is -1.07. The molecule has 18 heavy (non-hydrogen) atoms. The number of rotatable bonds is 6. The van der Waals surface area contributed by atoms with Crippen LogP contribution in [0.3, 0.4) is 0 Å². The van der Waals surface area contributed by atoms with Crippen molar-refractivity contribution in [2.75, 3.05) is 26.2 Å². The Labute approximate surface area is 115 Å². The van der Waals surface area contributed by atoms with Gasteiger partial charge in [-0.2, -0.15) is 0 Å². The molecule has 0 saturated carbocycles. The van der Waals surface area contributed by atoms with Gasteiger partial charge < -0.3 is 9.84 Å². The van der Waals surface area contributed by atoms with Crippen LogP contribution in [0.15, 0.2) is 28.7 Å². The topological polar surface area (TPSA) is 49.8 Å². The normalized spacial score (nSPS) is 16.3. The standard InChI is InChI=1S/C13H16BrNO3/c14-11-1-3-12(4-2-11)18-6-5-15-8-10(9-15)7-13(16)17/h1-4,10H,5-9H2,(H,16,17). The van der Waals surface area contributed by atoms with E-state index < -0.39 is 5.97 Å². The number of carbonyl (C=O) groups is 1. The summed E-state index contributed by atoms with van der Waals surface area (Å²) < 4.78 is 6.64. The van der Waals surface area contributed by atoms with Gasteiger partial charge in [0.1, 0.15) is 12.4 Å². The van der Waals surface area contributed by atoms with Gasteiger partial charge in [-0.05, 0) is 30.2 Å². The number of carboxylic acids is 1. The van der Waals surface area contributed by atoms with Gasteiger partial charge in [0, 0.05) is 24.1 Å². The molecular formula is C13H16BrNO3. The lowest BCUT2D eigenvalue weighted by molar-refractivity contribution is -0.139. The van der Waals surface area contributed by atoms with E-state index in [0.29, 0.717) is 12.5 Å². The summed E-state index contributed by atoms with van der Waals surface area (Å²) in [5.41, 5.74) is 0. The highest BCUT2D eigenvalue weighted by atomic mass is 79.9. The molecule has 0 radical (unpaired) electrons. The largest absolute Gasteiger partial charge is 0.492 e. The lowest BCUT2D eigenvalue weighted by Gasteiger charge is -2.38. The lowest BCUT2D eigenvalue weighted by atomic mass is 9.97. The Morgan fingerprint density at radius 2 is 2.06 bits per heavy atom. The second-order valence-electron chi connectivity index (χ2n) is 4.53. The van der Waals surface area contributed by atoms with Gasteiger partial charge in [0.2, 0.25) is 0 Å². The molecule has 1 N–H and O–H groups in total. The number of aliphatic carboxylic acids is 1. The van der Waals surface area contributed by atoms with Crippen molar-refractivity contribution in [3.63, 3.8) is 0 Å². The summed E-state index contributed by atoms with van der Waals surface area (Å²) in [5.74, 6) is 0.474. The Bertz CT molecular complexity index is 401. The molecule has 1 aliphatic rings. The summed E-state index contributed by atoms with van der Waals surface area (Å²) in [7, 11) is 0. The molecule has 0 bridgehead atoms. The van der Waals surface area contributed by atoms with Crippen LogP contribution >= 0.6 is 15.9 Å².